The lowest BCUT2D eigenvalue weighted by Crippen LogP contribution is -2.54. The highest BCUT2D eigenvalue weighted by Gasteiger charge is 2.57. The highest BCUT2D eigenvalue weighted by atomic mass is 16.4. The van der Waals surface area contributed by atoms with Gasteiger partial charge in [-0.3, -0.25) is 4.79 Å². The summed E-state index contributed by atoms with van der Waals surface area (Å²) in [7, 11) is 0. The third-order valence-electron chi connectivity index (χ3n) is 5.50. The van der Waals surface area contributed by atoms with E-state index < -0.39 is 5.97 Å². The van der Waals surface area contributed by atoms with Crippen LogP contribution >= 0.6 is 0 Å². The predicted molar refractivity (Wildman–Crippen MR) is 61.9 cm³/mol. The Morgan fingerprint density at radius 2 is 2.19 bits per heavy atom. The standard InChI is InChI=1S/C14H20O2/c1-14(2)8-6-11-9(12(14)7-8)4-3-5-10(11)13(15)16/h4,8,10-12H,3,5-7H2,1-2H3,(H,15,16)/t8-,10-,11-,12+/m1/s1. The predicted octanol–water partition coefficient (Wildman–Crippen LogP) is 3.09. The van der Waals surface area contributed by atoms with Crippen LogP contribution < -0.4 is 0 Å². The van der Waals surface area contributed by atoms with Crippen LogP contribution in [0.25, 0.3) is 0 Å². The summed E-state index contributed by atoms with van der Waals surface area (Å²) in [6.07, 6.45) is 6.60. The molecule has 4 atom stereocenters. The number of rotatable bonds is 1. The van der Waals surface area contributed by atoms with Gasteiger partial charge in [0.2, 0.25) is 0 Å². The lowest BCUT2D eigenvalue weighted by molar-refractivity contribution is -0.147. The Labute approximate surface area is 96.7 Å². The molecule has 0 amide bonds. The number of carboxylic acid groups (broad SMARTS) is 1. The molecule has 0 saturated heterocycles. The number of aliphatic carboxylic acids is 1. The van der Waals surface area contributed by atoms with Crippen LogP contribution in [0.3, 0.4) is 0 Å². The fourth-order valence-corrected chi connectivity index (χ4v) is 4.30. The fraction of sp³-hybridized carbons (Fsp3) is 0.786. The summed E-state index contributed by atoms with van der Waals surface area (Å²) in [5.74, 6) is 1.14. The largest absolute Gasteiger partial charge is 0.481 e. The van der Waals surface area contributed by atoms with Crippen LogP contribution in [0.15, 0.2) is 11.6 Å². The van der Waals surface area contributed by atoms with Gasteiger partial charge in [0.25, 0.3) is 0 Å². The molecule has 0 aromatic heterocycles. The first kappa shape index (κ1) is 10.4. The van der Waals surface area contributed by atoms with Crippen molar-refractivity contribution < 1.29 is 9.90 Å². The summed E-state index contributed by atoms with van der Waals surface area (Å²) in [4.78, 5) is 11.3. The summed E-state index contributed by atoms with van der Waals surface area (Å²) in [5.41, 5.74) is 1.93. The van der Waals surface area contributed by atoms with E-state index in [1.807, 2.05) is 0 Å². The van der Waals surface area contributed by atoms with Crippen LogP contribution in [-0.2, 0) is 4.79 Å². The van der Waals surface area contributed by atoms with Gasteiger partial charge >= 0.3 is 5.97 Å². The minimum absolute atomic E-state index is 0.0959. The average molecular weight is 220 g/mol. The fourth-order valence-electron chi connectivity index (χ4n) is 4.30. The number of carboxylic acids is 1. The molecule has 2 nitrogen and oxygen atoms in total. The first-order valence-electron chi connectivity index (χ1n) is 6.44. The van der Waals surface area contributed by atoms with Crippen molar-refractivity contribution in [2.24, 2.45) is 29.1 Å². The molecule has 0 unspecified atom stereocenters. The molecule has 2 heteroatoms. The third-order valence-corrected chi connectivity index (χ3v) is 5.50. The van der Waals surface area contributed by atoms with Gasteiger partial charge in [0.15, 0.2) is 0 Å². The lowest BCUT2D eigenvalue weighted by atomic mass is 9.43. The van der Waals surface area contributed by atoms with Gasteiger partial charge in [-0.25, -0.2) is 0 Å². The Morgan fingerprint density at radius 3 is 2.81 bits per heavy atom. The molecule has 4 aliphatic carbocycles. The quantitative estimate of drug-likeness (QED) is 0.689. The molecule has 2 bridgehead atoms. The maximum atomic E-state index is 11.3. The normalized spacial score (nSPS) is 44.0. The van der Waals surface area contributed by atoms with Gasteiger partial charge in [-0.2, -0.15) is 0 Å². The van der Waals surface area contributed by atoms with Gasteiger partial charge in [0, 0.05) is 0 Å². The molecule has 0 spiro atoms. The molecule has 4 aliphatic rings. The van der Waals surface area contributed by atoms with Crippen molar-refractivity contribution in [3.05, 3.63) is 11.6 Å². The van der Waals surface area contributed by atoms with Gasteiger partial charge < -0.3 is 5.11 Å². The van der Waals surface area contributed by atoms with E-state index in [2.05, 4.69) is 19.9 Å². The SMILES string of the molecule is CC1(C)[C@@H]2C[C@@H]3C(=CCC[C@H]3C(=O)O)[C@@H]1C2. The highest BCUT2D eigenvalue weighted by Crippen LogP contribution is 2.65. The van der Waals surface area contributed by atoms with E-state index in [1.165, 1.54) is 12.0 Å². The van der Waals surface area contributed by atoms with Crippen molar-refractivity contribution in [1.82, 2.24) is 0 Å². The summed E-state index contributed by atoms with van der Waals surface area (Å²) < 4.78 is 0. The molecule has 3 saturated carbocycles. The Morgan fingerprint density at radius 1 is 1.44 bits per heavy atom. The number of allylic oxidation sites excluding steroid dienone is 2. The summed E-state index contributed by atoms with van der Waals surface area (Å²) >= 11 is 0. The molecule has 0 aromatic rings. The van der Waals surface area contributed by atoms with E-state index in [4.69, 9.17) is 0 Å². The van der Waals surface area contributed by atoms with Gasteiger partial charge in [-0.1, -0.05) is 25.5 Å². The first-order chi connectivity index (χ1) is 7.51. The van der Waals surface area contributed by atoms with Crippen LogP contribution in [0.4, 0.5) is 0 Å². The topological polar surface area (TPSA) is 37.3 Å². The second-order valence-electron chi connectivity index (χ2n) is 6.37. The molecule has 0 heterocycles. The van der Waals surface area contributed by atoms with Gasteiger partial charge in [0.1, 0.15) is 0 Å². The molecular formula is C14H20O2. The van der Waals surface area contributed by atoms with E-state index >= 15 is 0 Å². The smallest absolute Gasteiger partial charge is 0.307 e. The van der Waals surface area contributed by atoms with E-state index in [-0.39, 0.29) is 5.92 Å². The summed E-state index contributed by atoms with van der Waals surface area (Å²) in [5, 5.41) is 9.28. The van der Waals surface area contributed by atoms with Gasteiger partial charge in [-0.05, 0) is 48.9 Å². The molecule has 16 heavy (non-hydrogen) atoms. The van der Waals surface area contributed by atoms with E-state index in [0.717, 1.165) is 25.2 Å². The Balaban J connectivity index is 1.92. The van der Waals surface area contributed by atoms with Crippen molar-refractivity contribution >= 4 is 5.97 Å². The maximum Gasteiger partial charge on any atom is 0.307 e. The van der Waals surface area contributed by atoms with E-state index in [0.29, 0.717) is 17.3 Å². The third kappa shape index (κ3) is 1.16. The number of carbonyl (C=O) groups is 1. The maximum absolute atomic E-state index is 11.3. The van der Waals surface area contributed by atoms with Crippen molar-refractivity contribution in [3.8, 4) is 0 Å². The van der Waals surface area contributed by atoms with Crippen molar-refractivity contribution in [1.29, 1.82) is 0 Å². The van der Waals surface area contributed by atoms with Crippen molar-refractivity contribution in [2.75, 3.05) is 0 Å². The van der Waals surface area contributed by atoms with Crippen LogP contribution in [0.5, 0.6) is 0 Å². The van der Waals surface area contributed by atoms with Crippen LogP contribution in [0.1, 0.15) is 39.5 Å². The van der Waals surface area contributed by atoms with Crippen LogP contribution in [0.2, 0.25) is 0 Å². The zero-order valence-electron chi connectivity index (χ0n) is 10.1. The Bertz CT molecular complexity index is 367. The molecule has 3 fully saturated rings. The molecule has 4 rings (SSSR count). The first-order valence-corrected chi connectivity index (χ1v) is 6.44. The van der Waals surface area contributed by atoms with Crippen molar-refractivity contribution in [3.63, 3.8) is 0 Å². The van der Waals surface area contributed by atoms with Crippen molar-refractivity contribution in [2.45, 2.75) is 39.5 Å². The Kier molecular flexibility index (Phi) is 2.02. The molecule has 1 N–H and O–H groups in total. The molecule has 0 aromatic carbocycles. The second kappa shape index (κ2) is 3.12. The molecular weight excluding hydrogens is 200 g/mol. The van der Waals surface area contributed by atoms with Gasteiger partial charge in [-0.15, -0.1) is 0 Å². The minimum Gasteiger partial charge on any atom is -0.481 e. The number of hydrogen-bond acceptors (Lipinski definition) is 1. The van der Waals surface area contributed by atoms with E-state index in [9.17, 15) is 9.90 Å². The monoisotopic (exact) mass is 220 g/mol. The molecule has 0 aliphatic heterocycles. The zero-order chi connectivity index (χ0) is 11.5. The summed E-state index contributed by atoms with van der Waals surface area (Å²) in [6, 6.07) is 0. The van der Waals surface area contributed by atoms with Crippen LogP contribution in [-0.4, -0.2) is 11.1 Å². The van der Waals surface area contributed by atoms with Crippen LogP contribution in [0, 0.1) is 29.1 Å². The Hall–Kier alpha value is -0.790. The highest BCUT2D eigenvalue weighted by molar-refractivity contribution is 5.71. The number of hydrogen-bond donors (Lipinski definition) is 1. The summed E-state index contributed by atoms with van der Waals surface area (Å²) in [6.45, 7) is 4.71. The minimum atomic E-state index is -0.574. The second-order valence-corrected chi connectivity index (χ2v) is 6.37. The zero-order valence-corrected chi connectivity index (χ0v) is 10.1. The van der Waals surface area contributed by atoms with Gasteiger partial charge in [0.05, 0.1) is 5.92 Å². The molecule has 0 radical (unpaired) electrons. The average Bonchev–Trinajstić information content (AvgIpc) is 2.26. The van der Waals surface area contributed by atoms with E-state index in [1.54, 1.807) is 0 Å². The molecule has 88 valence electrons. The lowest BCUT2D eigenvalue weighted by Gasteiger charge is -2.61.